The Morgan fingerprint density at radius 2 is 1.78 bits per heavy atom. The molecule has 1 rings (SSSR count). The van der Waals surface area contributed by atoms with E-state index in [9.17, 15) is 4.79 Å². The first-order valence-corrected chi connectivity index (χ1v) is 12.3. The molecule has 0 heterocycles. The number of hydrogen-bond acceptors (Lipinski definition) is 4. The van der Waals surface area contributed by atoms with Crippen LogP contribution >= 0.6 is 11.8 Å². The molecule has 0 N–H and O–H groups in total. The predicted octanol–water partition coefficient (Wildman–Crippen LogP) is 4.87. The average Bonchev–Trinajstić information content (AvgIpc) is 2.35. The van der Waals surface area contributed by atoms with Crippen molar-refractivity contribution in [3.05, 3.63) is 35.9 Å². The van der Waals surface area contributed by atoms with Gasteiger partial charge in [-0.2, -0.15) is 0 Å². The van der Waals surface area contributed by atoms with Crippen LogP contribution in [0.5, 0.6) is 0 Å². The summed E-state index contributed by atoms with van der Waals surface area (Å²) in [5.74, 6) is 0. The zero-order chi connectivity index (χ0) is 17.5. The second-order valence-corrected chi connectivity index (χ2v) is 14.0. The largest absolute Gasteiger partial charge is 0.412 e. The lowest BCUT2D eigenvalue weighted by Crippen LogP contribution is -2.36. The summed E-state index contributed by atoms with van der Waals surface area (Å²) in [6, 6.07) is 10.1. The zero-order valence-corrected chi connectivity index (χ0v) is 17.0. The molecule has 5 heteroatoms. The first-order valence-electron chi connectivity index (χ1n) is 8.06. The summed E-state index contributed by atoms with van der Waals surface area (Å²) in [5.41, 5.74) is 1.13. The summed E-state index contributed by atoms with van der Waals surface area (Å²) >= 11 is 1.38. The molecule has 0 unspecified atom stereocenters. The maximum absolute atomic E-state index is 12.2. The van der Waals surface area contributed by atoms with E-state index in [1.54, 1.807) is 0 Å². The molecule has 0 bridgehead atoms. The van der Waals surface area contributed by atoms with Crippen LogP contribution in [0.2, 0.25) is 19.6 Å². The van der Waals surface area contributed by atoms with Gasteiger partial charge in [0.2, 0.25) is 0 Å². The van der Waals surface area contributed by atoms with Gasteiger partial charge < -0.3 is 9.16 Å². The minimum atomic E-state index is -1.72. The van der Waals surface area contributed by atoms with E-state index in [0.29, 0.717) is 19.6 Å². The van der Waals surface area contributed by atoms with Crippen molar-refractivity contribution >= 4 is 25.2 Å². The molecule has 0 spiro atoms. The molecule has 0 aliphatic rings. The van der Waals surface area contributed by atoms with Crippen molar-refractivity contribution in [3.63, 3.8) is 0 Å². The minimum absolute atomic E-state index is 0.0638. The highest BCUT2D eigenvalue weighted by molar-refractivity contribution is 8.14. The van der Waals surface area contributed by atoms with Gasteiger partial charge in [-0.3, -0.25) is 4.79 Å². The molecular weight excluding hydrogens is 324 g/mol. The van der Waals surface area contributed by atoms with Crippen LogP contribution in [0.15, 0.2) is 30.3 Å². The van der Waals surface area contributed by atoms with Gasteiger partial charge in [0.25, 0.3) is 0 Å². The molecule has 0 aromatic heterocycles. The second-order valence-electron chi connectivity index (χ2n) is 7.64. The zero-order valence-electron chi connectivity index (χ0n) is 15.2. The van der Waals surface area contributed by atoms with Gasteiger partial charge in [-0.15, -0.1) is 0 Å². The molecule has 0 aliphatic heterocycles. The fourth-order valence-electron chi connectivity index (χ4n) is 2.09. The van der Waals surface area contributed by atoms with E-state index in [-0.39, 0.29) is 16.0 Å². The van der Waals surface area contributed by atoms with Crippen molar-refractivity contribution < 1.29 is 14.0 Å². The molecular formula is C18H30O3SSi. The van der Waals surface area contributed by atoms with Crippen molar-refractivity contribution in [1.29, 1.82) is 0 Å². The molecule has 3 nitrogen and oxygen atoms in total. The molecule has 1 aromatic rings. The summed E-state index contributed by atoms with van der Waals surface area (Å²) in [6.07, 6.45) is 0.244. The first-order chi connectivity index (χ1) is 10.6. The Kier molecular flexibility index (Phi) is 8.01. The summed E-state index contributed by atoms with van der Waals surface area (Å²) in [6.45, 7) is 13.6. The van der Waals surface area contributed by atoms with Crippen LogP contribution in [-0.4, -0.2) is 30.9 Å². The smallest absolute Gasteiger partial charge is 0.192 e. The van der Waals surface area contributed by atoms with Gasteiger partial charge in [0.15, 0.2) is 13.4 Å². The number of thioether (sulfide) groups is 1. The SMILES string of the molecule is CC(C)(C)SC(=O)C[C@@H](COCc1ccccc1)O[Si](C)(C)C. The molecule has 0 saturated carbocycles. The Labute approximate surface area is 146 Å². The quantitative estimate of drug-likeness (QED) is 0.624. The van der Waals surface area contributed by atoms with Crippen LogP contribution in [0, 0.1) is 0 Å². The molecule has 0 amide bonds. The van der Waals surface area contributed by atoms with E-state index >= 15 is 0 Å². The van der Waals surface area contributed by atoms with Crippen molar-refractivity contribution in [2.75, 3.05) is 6.61 Å². The molecule has 23 heavy (non-hydrogen) atoms. The normalized spacial score (nSPS) is 13.8. The number of benzene rings is 1. The summed E-state index contributed by atoms with van der Waals surface area (Å²) in [4.78, 5) is 12.2. The monoisotopic (exact) mass is 354 g/mol. The fraction of sp³-hybridized carbons (Fsp3) is 0.611. The standard InChI is InChI=1S/C18H30O3SSi/c1-18(2,3)22-17(19)12-16(21-23(4,5)6)14-20-13-15-10-8-7-9-11-15/h7-11,16H,12-14H2,1-6H3/t16-/m0/s1. The third-order valence-corrected chi connectivity index (χ3v) is 4.80. The van der Waals surface area contributed by atoms with Crippen molar-refractivity contribution in [3.8, 4) is 0 Å². The van der Waals surface area contributed by atoms with Crippen LogP contribution in [0.25, 0.3) is 0 Å². The van der Waals surface area contributed by atoms with Gasteiger partial charge in [-0.05, 0) is 25.2 Å². The number of ether oxygens (including phenoxy) is 1. The van der Waals surface area contributed by atoms with Crippen molar-refractivity contribution in [2.45, 2.75) is 64.3 Å². The molecule has 1 atom stereocenters. The Morgan fingerprint density at radius 1 is 1.17 bits per heavy atom. The van der Waals surface area contributed by atoms with Gasteiger partial charge in [0.05, 0.1) is 19.3 Å². The summed E-state index contributed by atoms with van der Waals surface area (Å²) in [7, 11) is -1.72. The maximum Gasteiger partial charge on any atom is 0.192 e. The molecule has 1 aromatic carbocycles. The van der Waals surface area contributed by atoms with Gasteiger partial charge in [-0.1, -0.05) is 62.9 Å². The fourth-order valence-corrected chi connectivity index (χ4v) is 4.19. The van der Waals surface area contributed by atoms with Gasteiger partial charge in [0, 0.05) is 11.2 Å². The summed E-state index contributed by atoms with van der Waals surface area (Å²) in [5, 5.41) is 0.170. The highest BCUT2D eigenvalue weighted by Crippen LogP contribution is 2.26. The lowest BCUT2D eigenvalue weighted by atomic mass is 10.2. The van der Waals surface area contributed by atoms with E-state index in [4.69, 9.17) is 9.16 Å². The van der Waals surface area contributed by atoms with Gasteiger partial charge in [0.1, 0.15) is 0 Å². The number of hydrogen-bond donors (Lipinski definition) is 0. The van der Waals surface area contributed by atoms with Crippen molar-refractivity contribution in [2.24, 2.45) is 0 Å². The topological polar surface area (TPSA) is 35.5 Å². The van der Waals surface area contributed by atoms with E-state index < -0.39 is 8.32 Å². The highest BCUT2D eigenvalue weighted by Gasteiger charge is 2.25. The van der Waals surface area contributed by atoms with Crippen LogP contribution in [-0.2, 0) is 20.6 Å². The van der Waals surface area contributed by atoms with E-state index in [2.05, 4.69) is 40.4 Å². The Morgan fingerprint density at radius 3 is 2.30 bits per heavy atom. The van der Waals surface area contributed by atoms with Crippen LogP contribution in [0.4, 0.5) is 0 Å². The van der Waals surface area contributed by atoms with Gasteiger partial charge in [-0.25, -0.2) is 0 Å². The van der Waals surface area contributed by atoms with Crippen LogP contribution < -0.4 is 0 Å². The third kappa shape index (κ3) is 10.7. The Balaban J connectivity index is 2.53. The van der Waals surface area contributed by atoms with E-state index in [1.165, 1.54) is 11.8 Å². The second kappa shape index (κ2) is 9.02. The maximum atomic E-state index is 12.2. The van der Waals surface area contributed by atoms with Crippen molar-refractivity contribution in [1.82, 2.24) is 0 Å². The Bertz CT molecular complexity index is 477. The summed E-state index contributed by atoms with van der Waals surface area (Å²) < 4.78 is 11.9. The first kappa shape index (κ1) is 20.4. The highest BCUT2D eigenvalue weighted by atomic mass is 32.2. The van der Waals surface area contributed by atoms with Crippen LogP contribution in [0.3, 0.4) is 0 Å². The molecule has 0 radical (unpaired) electrons. The average molecular weight is 355 g/mol. The lowest BCUT2D eigenvalue weighted by Gasteiger charge is -2.27. The van der Waals surface area contributed by atoms with E-state index in [1.807, 2.05) is 30.3 Å². The number of carbonyl (C=O) groups is 1. The molecule has 0 saturated heterocycles. The predicted molar refractivity (Wildman–Crippen MR) is 101 cm³/mol. The third-order valence-electron chi connectivity index (χ3n) is 2.75. The minimum Gasteiger partial charge on any atom is -0.412 e. The number of carbonyl (C=O) groups excluding carboxylic acids is 1. The van der Waals surface area contributed by atoms with Crippen LogP contribution in [0.1, 0.15) is 32.8 Å². The Hall–Kier alpha value is -0.623. The van der Waals surface area contributed by atoms with E-state index in [0.717, 1.165) is 5.56 Å². The lowest BCUT2D eigenvalue weighted by molar-refractivity contribution is -0.113. The number of rotatable bonds is 8. The molecule has 0 fully saturated rings. The van der Waals surface area contributed by atoms with Gasteiger partial charge >= 0.3 is 0 Å². The molecule has 130 valence electrons. The molecule has 0 aliphatic carbocycles.